The van der Waals surface area contributed by atoms with Crippen molar-refractivity contribution in [2.24, 2.45) is 23.7 Å². The van der Waals surface area contributed by atoms with Crippen molar-refractivity contribution in [2.75, 3.05) is 0 Å². The van der Waals surface area contributed by atoms with Crippen LogP contribution in [0.1, 0.15) is 47.3 Å². The summed E-state index contributed by atoms with van der Waals surface area (Å²) in [5.74, 6) is 4.28. The summed E-state index contributed by atoms with van der Waals surface area (Å²) in [6, 6.07) is 12.2. The van der Waals surface area contributed by atoms with Crippen LogP contribution in [0.4, 0.5) is 0 Å². The first-order valence-corrected chi connectivity index (χ1v) is 10.7. The Morgan fingerprint density at radius 2 is 1.73 bits per heavy atom. The third-order valence-electron chi connectivity index (χ3n) is 6.55. The normalized spacial score (nSPS) is 31.8. The molecule has 0 saturated heterocycles. The van der Waals surface area contributed by atoms with Crippen LogP contribution in [0.3, 0.4) is 0 Å². The third-order valence-corrected chi connectivity index (χ3v) is 7.53. The van der Waals surface area contributed by atoms with E-state index in [1.165, 1.54) is 43.4 Å². The minimum Gasteiger partial charge on any atom is -0.489 e. The summed E-state index contributed by atoms with van der Waals surface area (Å²) in [5.41, 5.74) is 1.06. The maximum Gasteiger partial charge on any atom is 0.261 e. The van der Waals surface area contributed by atoms with Gasteiger partial charge in [0, 0.05) is 11.6 Å². The molecule has 1 N–H and O–H groups in total. The molecule has 4 aliphatic rings. The molecule has 0 aliphatic heterocycles. The summed E-state index contributed by atoms with van der Waals surface area (Å²) in [6.45, 7) is 0.506. The van der Waals surface area contributed by atoms with Crippen molar-refractivity contribution in [3.8, 4) is 5.75 Å². The molecule has 1 aromatic heterocycles. The smallest absolute Gasteiger partial charge is 0.261 e. The van der Waals surface area contributed by atoms with Crippen LogP contribution >= 0.6 is 11.3 Å². The summed E-state index contributed by atoms with van der Waals surface area (Å²) in [5, 5.41) is 5.43. The van der Waals surface area contributed by atoms with E-state index in [1.807, 2.05) is 41.8 Å². The summed E-state index contributed by atoms with van der Waals surface area (Å²) in [4.78, 5) is 13.6. The maximum atomic E-state index is 12.8. The number of carbonyl (C=O) groups excluding carboxylic acids is 1. The largest absolute Gasteiger partial charge is 0.489 e. The molecule has 3 nitrogen and oxygen atoms in total. The number of para-hydroxylation sites is 1. The Morgan fingerprint density at radius 3 is 2.42 bits per heavy atom. The van der Waals surface area contributed by atoms with Gasteiger partial charge in [-0.1, -0.05) is 18.2 Å². The molecule has 0 spiro atoms. The molecule has 4 fully saturated rings. The molecule has 6 rings (SSSR count). The van der Waals surface area contributed by atoms with Gasteiger partial charge in [-0.3, -0.25) is 4.79 Å². The quantitative estimate of drug-likeness (QED) is 0.818. The summed E-state index contributed by atoms with van der Waals surface area (Å²) >= 11 is 1.53. The molecule has 136 valence electrons. The second-order valence-electron chi connectivity index (χ2n) is 8.35. The standard InChI is InChI=1S/C22H25NO2S/c24-22(23-21-17-7-14-6-15(9-17)10-18(21)8-14)20-11-16(13-26-20)12-25-19-4-2-1-3-5-19/h1-5,11,13-15,17-18,21H,6-10,12H2,(H,23,24). The molecule has 26 heavy (non-hydrogen) atoms. The predicted molar refractivity (Wildman–Crippen MR) is 103 cm³/mol. The SMILES string of the molecule is O=C(NC1C2CC3CC(C2)CC1C3)c1cc(COc2ccccc2)cs1. The average molecular weight is 368 g/mol. The average Bonchev–Trinajstić information content (AvgIpc) is 3.12. The number of rotatable bonds is 5. The van der Waals surface area contributed by atoms with Crippen LogP contribution in [0, 0.1) is 23.7 Å². The van der Waals surface area contributed by atoms with E-state index < -0.39 is 0 Å². The molecule has 0 radical (unpaired) electrons. The van der Waals surface area contributed by atoms with Crippen molar-refractivity contribution < 1.29 is 9.53 Å². The fourth-order valence-corrected chi connectivity index (χ4v) is 6.44. The van der Waals surface area contributed by atoms with Gasteiger partial charge in [0.15, 0.2) is 0 Å². The Morgan fingerprint density at radius 1 is 1.04 bits per heavy atom. The number of hydrogen-bond acceptors (Lipinski definition) is 3. The van der Waals surface area contributed by atoms with Crippen LogP contribution in [0.2, 0.25) is 0 Å². The number of carbonyl (C=O) groups is 1. The fraction of sp³-hybridized carbons (Fsp3) is 0.500. The highest BCUT2D eigenvalue weighted by molar-refractivity contribution is 7.12. The minimum atomic E-state index is 0.110. The van der Waals surface area contributed by atoms with E-state index in [9.17, 15) is 4.79 Å². The van der Waals surface area contributed by atoms with Crippen molar-refractivity contribution >= 4 is 17.2 Å². The van der Waals surface area contributed by atoms with Gasteiger partial charge in [0.05, 0.1) is 4.88 Å². The molecule has 4 bridgehead atoms. The maximum absolute atomic E-state index is 12.8. The van der Waals surface area contributed by atoms with Crippen LogP contribution in [-0.2, 0) is 6.61 Å². The van der Waals surface area contributed by atoms with E-state index in [1.54, 1.807) is 0 Å². The van der Waals surface area contributed by atoms with Gasteiger partial charge in [0.1, 0.15) is 12.4 Å². The Labute approximate surface area is 158 Å². The second-order valence-corrected chi connectivity index (χ2v) is 9.26. The molecular formula is C22H25NO2S. The lowest BCUT2D eigenvalue weighted by Crippen LogP contribution is -2.55. The topological polar surface area (TPSA) is 38.3 Å². The zero-order valence-electron chi connectivity index (χ0n) is 14.9. The van der Waals surface area contributed by atoms with Crippen molar-refractivity contribution in [1.29, 1.82) is 0 Å². The third kappa shape index (κ3) is 3.16. The number of nitrogens with one attached hydrogen (secondary N) is 1. The van der Waals surface area contributed by atoms with Crippen molar-refractivity contribution in [2.45, 2.75) is 44.8 Å². The van der Waals surface area contributed by atoms with Gasteiger partial charge in [-0.15, -0.1) is 11.3 Å². The highest BCUT2D eigenvalue weighted by atomic mass is 32.1. The lowest BCUT2D eigenvalue weighted by Gasteiger charge is -2.54. The summed E-state index contributed by atoms with van der Waals surface area (Å²) in [7, 11) is 0. The van der Waals surface area contributed by atoms with E-state index in [0.29, 0.717) is 12.6 Å². The van der Waals surface area contributed by atoms with Gasteiger partial charge < -0.3 is 10.1 Å². The first-order valence-electron chi connectivity index (χ1n) is 9.80. The number of amides is 1. The van der Waals surface area contributed by atoms with Gasteiger partial charge in [-0.25, -0.2) is 0 Å². The molecule has 4 saturated carbocycles. The zero-order valence-corrected chi connectivity index (χ0v) is 15.7. The number of thiophene rings is 1. The minimum absolute atomic E-state index is 0.110. The molecule has 4 aliphatic carbocycles. The molecule has 0 unspecified atom stereocenters. The number of hydrogen-bond donors (Lipinski definition) is 1. The van der Waals surface area contributed by atoms with Crippen LogP contribution in [0.15, 0.2) is 41.8 Å². The Bertz CT molecular complexity index is 756. The van der Waals surface area contributed by atoms with E-state index in [4.69, 9.17) is 4.74 Å². The van der Waals surface area contributed by atoms with Gasteiger partial charge >= 0.3 is 0 Å². The number of ether oxygens (including phenoxy) is 1. The highest BCUT2D eigenvalue weighted by Gasteiger charge is 2.48. The summed E-state index contributed by atoms with van der Waals surface area (Å²) < 4.78 is 5.79. The second kappa shape index (κ2) is 6.73. The van der Waals surface area contributed by atoms with Gasteiger partial charge in [-0.05, 0) is 79.4 Å². The lowest BCUT2D eigenvalue weighted by atomic mass is 9.54. The Balaban J connectivity index is 1.21. The zero-order chi connectivity index (χ0) is 17.5. The molecule has 0 atom stereocenters. The van der Waals surface area contributed by atoms with E-state index in [0.717, 1.165) is 39.9 Å². The van der Waals surface area contributed by atoms with Crippen molar-refractivity contribution in [1.82, 2.24) is 5.32 Å². The van der Waals surface area contributed by atoms with Gasteiger partial charge in [0.25, 0.3) is 5.91 Å². The van der Waals surface area contributed by atoms with Gasteiger partial charge in [-0.2, -0.15) is 0 Å². The fourth-order valence-electron chi connectivity index (χ4n) is 5.64. The molecule has 2 aromatic rings. The van der Waals surface area contributed by atoms with Crippen LogP contribution in [0.5, 0.6) is 5.75 Å². The first kappa shape index (κ1) is 16.4. The molecule has 1 amide bonds. The van der Waals surface area contributed by atoms with Crippen LogP contribution in [0.25, 0.3) is 0 Å². The lowest BCUT2D eigenvalue weighted by molar-refractivity contribution is -0.0119. The Hall–Kier alpha value is -1.81. The molecular weight excluding hydrogens is 342 g/mol. The molecule has 1 aromatic carbocycles. The molecule has 4 heteroatoms. The number of benzene rings is 1. The highest BCUT2D eigenvalue weighted by Crippen LogP contribution is 2.53. The molecule has 1 heterocycles. The van der Waals surface area contributed by atoms with Crippen LogP contribution < -0.4 is 10.1 Å². The first-order chi connectivity index (χ1) is 12.7. The van der Waals surface area contributed by atoms with Gasteiger partial charge in [0.2, 0.25) is 0 Å². The van der Waals surface area contributed by atoms with Crippen molar-refractivity contribution in [3.63, 3.8) is 0 Å². The van der Waals surface area contributed by atoms with Crippen molar-refractivity contribution in [3.05, 3.63) is 52.2 Å². The van der Waals surface area contributed by atoms with E-state index in [2.05, 4.69) is 5.32 Å². The van der Waals surface area contributed by atoms with E-state index in [-0.39, 0.29) is 5.91 Å². The summed E-state index contributed by atoms with van der Waals surface area (Å²) in [6.07, 6.45) is 6.78. The van der Waals surface area contributed by atoms with Crippen LogP contribution in [-0.4, -0.2) is 11.9 Å². The Kier molecular flexibility index (Phi) is 4.24. The predicted octanol–water partition coefficient (Wildman–Crippen LogP) is 4.88. The van der Waals surface area contributed by atoms with E-state index >= 15 is 0 Å². The monoisotopic (exact) mass is 367 g/mol.